The van der Waals surface area contributed by atoms with Gasteiger partial charge in [-0.2, -0.15) is 0 Å². The zero-order chi connectivity index (χ0) is 14.0. The third-order valence-corrected chi connectivity index (χ3v) is 3.60. The van der Waals surface area contributed by atoms with Crippen molar-refractivity contribution < 1.29 is 4.79 Å². The van der Waals surface area contributed by atoms with Crippen LogP contribution in [-0.4, -0.2) is 15.5 Å². The van der Waals surface area contributed by atoms with Crippen molar-refractivity contribution in [1.29, 1.82) is 0 Å². The Morgan fingerprint density at radius 2 is 2.11 bits per heavy atom. The molecule has 4 heteroatoms. The average molecular weight is 257 g/mol. The highest BCUT2D eigenvalue weighted by atomic mass is 16.1. The van der Waals surface area contributed by atoms with Crippen LogP contribution in [0.15, 0.2) is 24.5 Å². The van der Waals surface area contributed by atoms with Crippen LogP contribution < -0.4 is 5.32 Å². The largest absolute Gasteiger partial charge is 0.351 e. The van der Waals surface area contributed by atoms with Gasteiger partial charge in [0.15, 0.2) is 0 Å². The zero-order valence-corrected chi connectivity index (χ0v) is 11.8. The number of aromatic nitrogens is 2. The van der Waals surface area contributed by atoms with Crippen molar-refractivity contribution in [2.75, 3.05) is 0 Å². The third-order valence-electron chi connectivity index (χ3n) is 3.60. The summed E-state index contributed by atoms with van der Waals surface area (Å²) < 4.78 is 2.02. The van der Waals surface area contributed by atoms with Crippen LogP contribution in [0.4, 0.5) is 0 Å². The van der Waals surface area contributed by atoms with Gasteiger partial charge in [-0.15, -0.1) is 0 Å². The van der Waals surface area contributed by atoms with Gasteiger partial charge in [0.05, 0.1) is 5.56 Å². The van der Waals surface area contributed by atoms with Crippen LogP contribution in [0.25, 0.3) is 0 Å². The van der Waals surface area contributed by atoms with Gasteiger partial charge in [0.1, 0.15) is 0 Å². The molecule has 0 aliphatic heterocycles. The van der Waals surface area contributed by atoms with E-state index in [1.54, 1.807) is 12.4 Å². The SMILES string of the molecule is Cc1cnccc1CNC(=O)c1cc(C)n(C)c1C. The molecule has 2 rings (SSSR count). The van der Waals surface area contributed by atoms with Crippen molar-refractivity contribution in [1.82, 2.24) is 14.9 Å². The molecule has 0 unspecified atom stereocenters. The van der Waals surface area contributed by atoms with Gasteiger partial charge in [0.2, 0.25) is 0 Å². The Hall–Kier alpha value is -2.10. The van der Waals surface area contributed by atoms with E-state index >= 15 is 0 Å². The highest BCUT2D eigenvalue weighted by Gasteiger charge is 2.13. The maximum absolute atomic E-state index is 12.2. The maximum atomic E-state index is 12.2. The van der Waals surface area contributed by atoms with E-state index in [0.29, 0.717) is 6.54 Å². The zero-order valence-electron chi connectivity index (χ0n) is 11.8. The Morgan fingerprint density at radius 1 is 1.37 bits per heavy atom. The summed E-state index contributed by atoms with van der Waals surface area (Å²) in [6, 6.07) is 3.85. The number of amides is 1. The molecule has 2 heterocycles. The molecule has 0 aliphatic rings. The van der Waals surface area contributed by atoms with Crippen molar-refractivity contribution in [3.05, 3.63) is 52.6 Å². The number of pyridine rings is 1. The number of aryl methyl sites for hydroxylation is 2. The Labute approximate surface area is 113 Å². The van der Waals surface area contributed by atoms with Gasteiger partial charge >= 0.3 is 0 Å². The smallest absolute Gasteiger partial charge is 0.253 e. The number of hydrogen-bond donors (Lipinski definition) is 1. The van der Waals surface area contributed by atoms with Gasteiger partial charge in [-0.3, -0.25) is 9.78 Å². The molecule has 2 aromatic heterocycles. The van der Waals surface area contributed by atoms with Crippen LogP contribution in [-0.2, 0) is 13.6 Å². The maximum Gasteiger partial charge on any atom is 0.253 e. The van der Waals surface area contributed by atoms with Gasteiger partial charge in [-0.25, -0.2) is 0 Å². The number of carbonyl (C=O) groups is 1. The normalized spacial score (nSPS) is 10.5. The number of nitrogens with zero attached hydrogens (tertiary/aromatic N) is 2. The van der Waals surface area contributed by atoms with Crippen molar-refractivity contribution >= 4 is 5.91 Å². The van der Waals surface area contributed by atoms with E-state index < -0.39 is 0 Å². The monoisotopic (exact) mass is 257 g/mol. The number of rotatable bonds is 3. The average Bonchev–Trinajstić information content (AvgIpc) is 2.65. The molecule has 0 aromatic carbocycles. The van der Waals surface area contributed by atoms with Crippen LogP contribution in [0.2, 0.25) is 0 Å². The van der Waals surface area contributed by atoms with Crippen LogP contribution in [0, 0.1) is 20.8 Å². The van der Waals surface area contributed by atoms with Crippen LogP contribution in [0.5, 0.6) is 0 Å². The summed E-state index contributed by atoms with van der Waals surface area (Å²) in [5.41, 5.74) is 4.99. The lowest BCUT2D eigenvalue weighted by atomic mass is 10.1. The predicted octanol–water partition coefficient (Wildman–Crippen LogP) is 2.28. The minimum absolute atomic E-state index is 0.0302. The number of nitrogens with one attached hydrogen (secondary N) is 1. The quantitative estimate of drug-likeness (QED) is 0.917. The first kappa shape index (κ1) is 13.3. The van der Waals surface area contributed by atoms with Gasteiger partial charge in [-0.1, -0.05) is 0 Å². The Bertz CT molecular complexity index is 614. The second-order valence-electron chi connectivity index (χ2n) is 4.83. The van der Waals surface area contributed by atoms with Crippen LogP contribution in [0.3, 0.4) is 0 Å². The second kappa shape index (κ2) is 5.26. The molecule has 1 amide bonds. The van der Waals surface area contributed by atoms with Crippen molar-refractivity contribution in [3.63, 3.8) is 0 Å². The van der Waals surface area contributed by atoms with E-state index in [-0.39, 0.29) is 5.91 Å². The van der Waals surface area contributed by atoms with Gasteiger partial charge in [0.25, 0.3) is 5.91 Å². The van der Waals surface area contributed by atoms with Crippen LogP contribution >= 0.6 is 0 Å². The summed E-state index contributed by atoms with van der Waals surface area (Å²) in [5, 5.41) is 2.96. The highest BCUT2D eigenvalue weighted by molar-refractivity contribution is 5.95. The van der Waals surface area contributed by atoms with E-state index in [1.807, 2.05) is 44.5 Å². The summed E-state index contributed by atoms with van der Waals surface area (Å²) >= 11 is 0. The van der Waals surface area contributed by atoms with Crippen molar-refractivity contribution in [3.8, 4) is 0 Å². The molecule has 0 spiro atoms. The van der Waals surface area contributed by atoms with E-state index in [1.165, 1.54) is 0 Å². The number of hydrogen-bond acceptors (Lipinski definition) is 2. The molecule has 0 fully saturated rings. The molecular weight excluding hydrogens is 238 g/mol. The summed E-state index contributed by atoms with van der Waals surface area (Å²) in [4.78, 5) is 16.2. The van der Waals surface area contributed by atoms with E-state index in [9.17, 15) is 4.79 Å². The Morgan fingerprint density at radius 3 is 2.68 bits per heavy atom. The minimum atomic E-state index is -0.0302. The molecule has 19 heavy (non-hydrogen) atoms. The lowest BCUT2D eigenvalue weighted by molar-refractivity contribution is 0.0950. The van der Waals surface area contributed by atoms with Crippen LogP contribution in [0.1, 0.15) is 32.9 Å². The molecule has 0 bridgehead atoms. The fourth-order valence-electron chi connectivity index (χ4n) is 2.06. The fraction of sp³-hybridized carbons (Fsp3) is 0.333. The van der Waals surface area contributed by atoms with Gasteiger partial charge < -0.3 is 9.88 Å². The molecule has 0 radical (unpaired) electrons. The fourth-order valence-corrected chi connectivity index (χ4v) is 2.06. The standard InChI is InChI=1S/C15H19N3O/c1-10-8-16-6-5-13(10)9-17-15(19)14-7-11(2)18(4)12(14)3/h5-8H,9H2,1-4H3,(H,17,19). The molecule has 1 N–H and O–H groups in total. The molecular formula is C15H19N3O. The predicted molar refractivity (Wildman–Crippen MR) is 75.0 cm³/mol. The van der Waals surface area contributed by atoms with Crippen molar-refractivity contribution in [2.45, 2.75) is 27.3 Å². The summed E-state index contributed by atoms with van der Waals surface area (Å²) in [6.45, 7) is 6.48. The Balaban J connectivity index is 2.10. The number of carbonyl (C=O) groups excluding carboxylic acids is 1. The highest BCUT2D eigenvalue weighted by Crippen LogP contribution is 2.13. The van der Waals surface area contributed by atoms with Gasteiger partial charge in [0, 0.05) is 37.4 Å². The van der Waals surface area contributed by atoms with E-state index in [2.05, 4.69) is 10.3 Å². The molecule has 0 saturated carbocycles. The summed E-state index contributed by atoms with van der Waals surface area (Å²) in [5.74, 6) is -0.0302. The first-order chi connectivity index (χ1) is 9.00. The lowest BCUT2D eigenvalue weighted by Crippen LogP contribution is -2.23. The molecule has 0 saturated heterocycles. The molecule has 4 nitrogen and oxygen atoms in total. The molecule has 100 valence electrons. The first-order valence-electron chi connectivity index (χ1n) is 6.31. The molecule has 0 aliphatic carbocycles. The Kier molecular flexibility index (Phi) is 3.69. The first-order valence-corrected chi connectivity index (χ1v) is 6.31. The third kappa shape index (κ3) is 2.67. The van der Waals surface area contributed by atoms with Gasteiger partial charge in [-0.05, 0) is 44.0 Å². The summed E-state index contributed by atoms with van der Waals surface area (Å²) in [6.07, 6.45) is 3.55. The van der Waals surface area contributed by atoms with Crippen molar-refractivity contribution in [2.24, 2.45) is 7.05 Å². The second-order valence-corrected chi connectivity index (χ2v) is 4.83. The van der Waals surface area contributed by atoms with E-state index in [4.69, 9.17) is 0 Å². The van der Waals surface area contributed by atoms with E-state index in [0.717, 1.165) is 28.1 Å². The molecule has 2 aromatic rings. The minimum Gasteiger partial charge on any atom is -0.351 e. The summed E-state index contributed by atoms with van der Waals surface area (Å²) in [7, 11) is 1.97. The molecule has 0 atom stereocenters. The topological polar surface area (TPSA) is 46.9 Å². The lowest BCUT2D eigenvalue weighted by Gasteiger charge is -2.07.